The minimum atomic E-state index is -1.04. The summed E-state index contributed by atoms with van der Waals surface area (Å²) in [7, 11) is 0. The molecule has 2 aliphatic heterocycles. The normalized spacial score (nSPS) is 25.1. The summed E-state index contributed by atoms with van der Waals surface area (Å²) >= 11 is 0. The Morgan fingerprint density at radius 3 is 2.10 bits per heavy atom. The number of alkyl halides is 1. The highest BCUT2D eigenvalue weighted by Gasteiger charge is 2.37. The molecule has 0 spiro atoms. The highest BCUT2D eigenvalue weighted by atomic mass is 19.1. The lowest BCUT2D eigenvalue weighted by Gasteiger charge is -2.42. The summed E-state index contributed by atoms with van der Waals surface area (Å²) in [6.45, 7) is 11.3. The number of likely N-dealkylation sites (tertiary alicyclic amines) is 1. The Hall–Kier alpha value is -0.680. The van der Waals surface area contributed by atoms with E-state index in [0.29, 0.717) is 25.4 Å². The van der Waals surface area contributed by atoms with Crippen molar-refractivity contribution in [3.05, 3.63) is 0 Å². The number of rotatable bonds is 3. The number of amides is 1. The van der Waals surface area contributed by atoms with Crippen molar-refractivity contribution in [1.82, 2.24) is 14.7 Å². The van der Waals surface area contributed by atoms with E-state index >= 15 is 0 Å². The second-order valence-electron chi connectivity index (χ2n) is 6.56. The van der Waals surface area contributed by atoms with Gasteiger partial charge in [0.1, 0.15) is 5.67 Å². The number of nitrogens with zero attached hydrogens (tertiary/aromatic N) is 3. The van der Waals surface area contributed by atoms with E-state index in [2.05, 4.69) is 23.6 Å². The van der Waals surface area contributed by atoms with Crippen LogP contribution in [0.5, 0.6) is 0 Å². The summed E-state index contributed by atoms with van der Waals surface area (Å²) in [5, 5.41) is 0. The van der Waals surface area contributed by atoms with Crippen molar-refractivity contribution in [2.45, 2.75) is 45.3 Å². The van der Waals surface area contributed by atoms with E-state index in [-0.39, 0.29) is 5.91 Å². The van der Waals surface area contributed by atoms with E-state index in [1.165, 1.54) is 0 Å². The van der Waals surface area contributed by atoms with Crippen LogP contribution in [0.25, 0.3) is 0 Å². The van der Waals surface area contributed by atoms with Gasteiger partial charge in [0.25, 0.3) is 0 Å². The molecule has 2 fully saturated rings. The van der Waals surface area contributed by atoms with E-state index in [1.807, 2.05) is 4.90 Å². The average Bonchev–Trinajstić information content (AvgIpc) is 2.39. The van der Waals surface area contributed by atoms with Crippen molar-refractivity contribution < 1.29 is 9.18 Å². The number of piperidine rings is 1. The third kappa shape index (κ3) is 3.92. The van der Waals surface area contributed by atoms with Crippen LogP contribution in [0.2, 0.25) is 0 Å². The molecule has 20 heavy (non-hydrogen) atoms. The van der Waals surface area contributed by atoms with Gasteiger partial charge in [0, 0.05) is 58.8 Å². The molecule has 0 aromatic heterocycles. The van der Waals surface area contributed by atoms with Gasteiger partial charge < -0.3 is 9.80 Å². The predicted molar refractivity (Wildman–Crippen MR) is 78.5 cm³/mol. The van der Waals surface area contributed by atoms with Gasteiger partial charge in [-0.1, -0.05) is 0 Å². The third-order valence-corrected chi connectivity index (χ3v) is 4.75. The smallest absolute Gasteiger partial charge is 0.219 e. The topological polar surface area (TPSA) is 26.8 Å². The molecule has 0 atom stereocenters. The quantitative estimate of drug-likeness (QED) is 0.783. The zero-order chi connectivity index (χ0) is 14.8. The van der Waals surface area contributed by atoms with Crippen LogP contribution in [-0.4, -0.2) is 78.1 Å². The molecule has 2 heterocycles. The molecule has 0 unspecified atom stereocenters. The van der Waals surface area contributed by atoms with Crippen molar-refractivity contribution in [1.29, 1.82) is 0 Å². The van der Waals surface area contributed by atoms with Gasteiger partial charge in [0.05, 0.1) is 0 Å². The van der Waals surface area contributed by atoms with E-state index in [1.54, 1.807) is 6.92 Å². The first-order valence-electron chi connectivity index (χ1n) is 7.80. The SMILES string of the molecule is CC(=O)N1CCN(CC2(F)CCN(C(C)C)CC2)CC1. The second kappa shape index (κ2) is 6.39. The molecule has 2 rings (SSSR count). The molecule has 0 radical (unpaired) electrons. The lowest BCUT2D eigenvalue weighted by atomic mass is 9.91. The van der Waals surface area contributed by atoms with Gasteiger partial charge in [-0.3, -0.25) is 9.69 Å². The molecule has 0 aromatic rings. The van der Waals surface area contributed by atoms with Crippen LogP contribution < -0.4 is 0 Å². The summed E-state index contributed by atoms with van der Waals surface area (Å²) in [6.07, 6.45) is 1.27. The fourth-order valence-corrected chi connectivity index (χ4v) is 3.22. The van der Waals surface area contributed by atoms with Crippen LogP contribution in [0.15, 0.2) is 0 Å². The van der Waals surface area contributed by atoms with E-state index in [4.69, 9.17) is 0 Å². The molecule has 2 aliphatic rings. The molecule has 0 aromatic carbocycles. The van der Waals surface area contributed by atoms with Gasteiger partial charge in [-0.2, -0.15) is 0 Å². The molecule has 116 valence electrons. The zero-order valence-electron chi connectivity index (χ0n) is 13.1. The fraction of sp³-hybridized carbons (Fsp3) is 0.933. The highest BCUT2D eigenvalue weighted by Crippen LogP contribution is 2.28. The molecular formula is C15H28FN3O. The van der Waals surface area contributed by atoms with Crippen molar-refractivity contribution in [2.24, 2.45) is 0 Å². The van der Waals surface area contributed by atoms with Gasteiger partial charge in [-0.05, 0) is 26.7 Å². The van der Waals surface area contributed by atoms with Crippen LogP contribution in [0, 0.1) is 0 Å². The number of hydrogen-bond acceptors (Lipinski definition) is 3. The van der Waals surface area contributed by atoms with Gasteiger partial charge in [0.2, 0.25) is 5.91 Å². The molecule has 0 bridgehead atoms. The Morgan fingerprint density at radius 2 is 1.65 bits per heavy atom. The number of hydrogen-bond donors (Lipinski definition) is 0. The van der Waals surface area contributed by atoms with Crippen molar-refractivity contribution in [3.8, 4) is 0 Å². The first kappa shape index (κ1) is 15.7. The zero-order valence-corrected chi connectivity index (χ0v) is 13.1. The number of halogens is 1. The summed E-state index contributed by atoms with van der Waals surface area (Å²) in [5.41, 5.74) is -1.04. The monoisotopic (exact) mass is 285 g/mol. The summed E-state index contributed by atoms with van der Waals surface area (Å²) in [4.78, 5) is 17.7. The molecule has 4 nitrogen and oxygen atoms in total. The Balaban J connectivity index is 1.78. The lowest BCUT2D eigenvalue weighted by molar-refractivity contribution is -0.130. The van der Waals surface area contributed by atoms with Crippen molar-refractivity contribution in [2.75, 3.05) is 45.8 Å². The third-order valence-electron chi connectivity index (χ3n) is 4.75. The second-order valence-corrected chi connectivity index (χ2v) is 6.56. The minimum Gasteiger partial charge on any atom is -0.340 e. The van der Waals surface area contributed by atoms with Crippen LogP contribution in [0.1, 0.15) is 33.6 Å². The Morgan fingerprint density at radius 1 is 1.10 bits per heavy atom. The Labute approximate surface area is 121 Å². The van der Waals surface area contributed by atoms with Crippen LogP contribution in [0.4, 0.5) is 4.39 Å². The van der Waals surface area contributed by atoms with Crippen LogP contribution in [-0.2, 0) is 4.79 Å². The first-order valence-corrected chi connectivity index (χ1v) is 7.80. The Kier molecular flexibility index (Phi) is 5.02. The number of piperazine rings is 1. The minimum absolute atomic E-state index is 0.129. The molecule has 2 saturated heterocycles. The average molecular weight is 285 g/mol. The standard InChI is InChI=1S/C15H28FN3O/c1-13(2)18-6-4-15(16,5-7-18)12-17-8-10-19(11-9-17)14(3)20/h13H,4-12H2,1-3H3. The van der Waals surface area contributed by atoms with Gasteiger partial charge in [-0.15, -0.1) is 0 Å². The summed E-state index contributed by atoms with van der Waals surface area (Å²) in [6, 6.07) is 0.513. The first-order chi connectivity index (χ1) is 9.39. The lowest BCUT2D eigenvalue weighted by Crippen LogP contribution is -2.54. The largest absolute Gasteiger partial charge is 0.340 e. The predicted octanol–water partition coefficient (Wildman–Crippen LogP) is 1.36. The van der Waals surface area contributed by atoms with Crippen LogP contribution >= 0.6 is 0 Å². The van der Waals surface area contributed by atoms with Crippen molar-refractivity contribution >= 4 is 5.91 Å². The molecule has 0 aliphatic carbocycles. The van der Waals surface area contributed by atoms with E-state index < -0.39 is 5.67 Å². The summed E-state index contributed by atoms with van der Waals surface area (Å²) in [5.74, 6) is 0.129. The fourth-order valence-electron chi connectivity index (χ4n) is 3.22. The molecule has 0 saturated carbocycles. The number of carbonyl (C=O) groups is 1. The van der Waals surface area contributed by atoms with Gasteiger partial charge >= 0.3 is 0 Å². The maximum atomic E-state index is 14.9. The van der Waals surface area contributed by atoms with Gasteiger partial charge in [0.15, 0.2) is 0 Å². The molecule has 0 N–H and O–H groups in total. The van der Waals surface area contributed by atoms with Crippen molar-refractivity contribution in [3.63, 3.8) is 0 Å². The Bertz CT molecular complexity index is 332. The molecular weight excluding hydrogens is 257 g/mol. The maximum absolute atomic E-state index is 14.9. The molecule has 1 amide bonds. The van der Waals surface area contributed by atoms with E-state index in [0.717, 1.165) is 39.3 Å². The van der Waals surface area contributed by atoms with E-state index in [9.17, 15) is 9.18 Å². The van der Waals surface area contributed by atoms with Gasteiger partial charge in [-0.25, -0.2) is 4.39 Å². The maximum Gasteiger partial charge on any atom is 0.219 e. The summed E-state index contributed by atoms with van der Waals surface area (Å²) < 4.78 is 14.9. The number of carbonyl (C=O) groups excluding carboxylic acids is 1. The highest BCUT2D eigenvalue weighted by molar-refractivity contribution is 5.73. The molecule has 5 heteroatoms. The van der Waals surface area contributed by atoms with Crippen LogP contribution in [0.3, 0.4) is 0 Å².